The van der Waals surface area contributed by atoms with Gasteiger partial charge in [0, 0.05) is 17.6 Å². The van der Waals surface area contributed by atoms with Gasteiger partial charge in [0.1, 0.15) is 11.8 Å². The zero-order chi connectivity index (χ0) is 20.7. The quantitative estimate of drug-likeness (QED) is 0.688. The van der Waals surface area contributed by atoms with Crippen LogP contribution in [0.3, 0.4) is 0 Å². The number of rotatable bonds is 8. The molecule has 2 rings (SSSR count). The molecule has 0 bridgehead atoms. The standard InChI is InChI=1S/C21H24Cl2N2O3/c1-14(2)24-21(27)15(3)25(12-16-8-10-17(22)11-9-16)20(26)13-28-19-7-5-4-6-18(19)23/h4-11,14-15H,12-13H2,1-3H3,(H,24,27). The van der Waals surface area contributed by atoms with Crippen LogP contribution >= 0.6 is 23.2 Å². The van der Waals surface area contributed by atoms with E-state index < -0.39 is 6.04 Å². The Labute approximate surface area is 175 Å². The second-order valence-corrected chi connectivity index (χ2v) is 7.55. The molecule has 7 heteroatoms. The third-order valence-corrected chi connectivity index (χ3v) is 4.62. The van der Waals surface area contributed by atoms with Gasteiger partial charge in [-0.05, 0) is 50.6 Å². The number of hydrogen-bond donors (Lipinski definition) is 1. The Morgan fingerprint density at radius 1 is 1.04 bits per heavy atom. The van der Waals surface area contributed by atoms with Gasteiger partial charge in [-0.25, -0.2) is 0 Å². The van der Waals surface area contributed by atoms with Crippen LogP contribution in [0.25, 0.3) is 0 Å². The fraction of sp³-hybridized carbons (Fsp3) is 0.333. The van der Waals surface area contributed by atoms with Crippen LogP contribution in [0.15, 0.2) is 48.5 Å². The van der Waals surface area contributed by atoms with Gasteiger partial charge in [0.05, 0.1) is 5.02 Å². The molecule has 2 aromatic carbocycles. The van der Waals surface area contributed by atoms with Gasteiger partial charge >= 0.3 is 0 Å². The number of amides is 2. The lowest BCUT2D eigenvalue weighted by atomic mass is 10.1. The predicted molar refractivity (Wildman–Crippen MR) is 112 cm³/mol. The smallest absolute Gasteiger partial charge is 0.261 e. The molecule has 0 aromatic heterocycles. The van der Waals surface area contributed by atoms with Crippen molar-refractivity contribution in [1.29, 1.82) is 0 Å². The molecule has 0 spiro atoms. The third-order valence-electron chi connectivity index (χ3n) is 4.05. The van der Waals surface area contributed by atoms with Crippen molar-refractivity contribution < 1.29 is 14.3 Å². The van der Waals surface area contributed by atoms with Gasteiger partial charge in [-0.2, -0.15) is 0 Å². The SMILES string of the molecule is CC(C)NC(=O)C(C)N(Cc1ccc(Cl)cc1)C(=O)COc1ccccc1Cl. The summed E-state index contributed by atoms with van der Waals surface area (Å²) in [5, 5.41) is 3.87. The monoisotopic (exact) mass is 422 g/mol. The van der Waals surface area contributed by atoms with Crippen LogP contribution in [0.1, 0.15) is 26.3 Å². The second kappa shape index (κ2) is 10.3. The molecule has 2 amide bonds. The number of hydrogen-bond acceptors (Lipinski definition) is 3. The summed E-state index contributed by atoms with van der Waals surface area (Å²) in [7, 11) is 0. The lowest BCUT2D eigenvalue weighted by molar-refractivity contribution is -0.142. The van der Waals surface area contributed by atoms with Crippen molar-refractivity contribution >= 4 is 35.0 Å². The maximum atomic E-state index is 12.9. The van der Waals surface area contributed by atoms with E-state index in [9.17, 15) is 9.59 Å². The molecule has 1 atom stereocenters. The van der Waals surface area contributed by atoms with Crippen LogP contribution in [-0.2, 0) is 16.1 Å². The molecular formula is C21H24Cl2N2O3. The van der Waals surface area contributed by atoms with Gasteiger partial charge < -0.3 is 15.0 Å². The molecule has 0 saturated heterocycles. The Bertz CT molecular complexity index is 810. The number of carbonyl (C=O) groups is 2. The van der Waals surface area contributed by atoms with Crippen LogP contribution in [0.4, 0.5) is 0 Å². The highest BCUT2D eigenvalue weighted by molar-refractivity contribution is 6.32. The summed E-state index contributed by atoms with van der Waals surface area (Å²) in [4.78, 5) is 26.9. The Morgan fingerprint density at radius 3 is 2.29 bits per heavy atom. The van der Waals surface area contributed by atoms with E-state index in [0.717, 1.165) is 5.56 Å². The van der Waals surface area contributed by atoms with Crippen molar-refractivity contribution in [3.63, 3.8) is 0 Å². The molecule has 1 N–H and O–H groups in total. The maximum absolute atomic E-state index is 12.9. The van der Waals surface area contributed by atoms with Crippen LogP contribution in [0.5, 0.6) is 5.75 Å². The lowest BCUT2D eigenvalue weighted by Gasteiger charge is -2.29. The van der Waals surface area contributed by atoms with Crippen LogP contribution in [0, 0.1) is 0 Å². The summed E-state index contributed by atoms with van der Waals surface area (Å²) in [6, 6.07) is 13.4. The van der Waals surface area contributed by atoms with E-state index in [2.05, 4.69) is 5.32 Å². The van der Waals surface area contributed by atoms with Crippen molar-refractivity contribution in [2.75, 3.05) is 6.61 Å². The summed E-state index contributed by atoms with van der Waals surface area (Å²) in [5.41, 5.74) is 0.861. The lowest BCUT2D eigenvalue weighted by Crippen LogP contribution is -2.50. The van der Waals surface area contributed by atoms with Crippen molar-refractivity contribution in [1.82, 2.24) is 10.2 Å². The molecule has 28 heavy (non-hydrogen) atoms. The number of halogens is 2. The van der Waals surface area contributed by atoms with Crippen molar-refractivity contribution in [3.05, 3.63) is 64.1 Å². The first-order valence-electron chi connectivity index (χ1n) is 8.99. The first-order valence-corrected chi connectivity index (χ1v) is 9.75. The average Bonchev–Trinajstić information content (AvgIpc) is 2.65. The first-order chi connectivity index (χ1) is 13.3. The molecule has 0 heterocycles. The van der Waals surface area contributed by atoms with Crippen LogP contribution in [0.2, 0.25) is 10.0 Å². The summed E-state index contributed by atoms with van der Waals surface area (Å²) in [6.07, 6.45) is 0. The minimum atomic E-state index is -0.666. The van der Waals surface area contributed by atoms with E-state index in [1.54, 1.807) is 43.3 Å². The maximum Gasteiger partial charge on any atom is 0.261 e. The fourth-order valence-electron chi connectivity index (χ4n) is 2.56. The number of carbonyl (C=O) groups excluding carboxylic acids is 2. The normalized spacial score (nSPS) is 11.8. The highest BCUT2D eigenvalue weighted by Gasteiger charge is 2.27. The van der Waals surface area contributed by atoms with Gasteiger partial charge in [-0.1, -0.05) is 47.5 Å². The Kier molecular flexibility index (Phi) is 8.15. The third kappa shape index (κ3) is 6.43. The molecule has 1 unspecified atom stereocenters. The predicted octanol–water partition coefficient (Wildman–Crippen LogP) is 4.31. The molecule has 150 valence electrons. The molecule has 0 fully saturated rings. The number of ether oxygens (including phenoxy) is 1. The zero-order valence-corrected chi connectivity index (χ0v) is 17.6. The highest BCUT2D eigenvalue weighted by Crippen LogP contribution is 2.23. The summed E-state index contributed by atoms with van der Waals surface area (Å²) < 4.78 is 5.57. The minimum absolute atomic E-state index is 0.0261. The molecule has 0 radical (unpaired) electrons. The van der Waals surface area contributed by atoms with Crippen LogP contribution < -0.4 is 10.1 Å². The van der Waals surface area contributed by atoms with Gasteiger partial charge in [-0.3, -0.25) is 9.59 Å². The van der Waals surface area contributed by atoms with E-state index in [4.69, 9.17) is 27.9 Å². The molecule has 0 aliphatic carbocycles. The molecule has 0 saturated carbocycles. The average molecular weight is 423 g/mol. The van der Waals surface area contributed by atoms with Crippen molar-refractivity contribution in [3.8, 4) is 5.75 Å². The summed E-state index contributed by atoms with van der Waals surface area (Å²) in [6.45, 7) is 5.47. The van der Waals surface area contributed by atoms with Gasteiger partial charge in [0.25, 0.3) is 5.91 Å². The van der Waals surface area contributed by atoms with Gasteiger partial charge in [0.2, 0.25) is 5.91 Å². The molecule has 0 aliphatic heterocycles. The fourth-order valence-corrected chi connectivity index (χ4v) is 2.87. The largest absolute Gasteiger partial charge is 0.482 e. The van der Waals surface area contributed by atoms with Gasteiger partial charge in [-0.15, -0.1) is 0 Å². The minimum Gasteiger partial charge on any atom is -0.482 e. The first kappa shape index (κ1) is 22.1. The van der Waals surface area contributed by atoms with E-state index in [1.807, 2.05) is 26.0 Å². The molecular weight excluding hydrogens is 399 g/mol. The van der Waals surface area contributed by atoms with E-state index in [-0.39, 0.29) is 31.0 Å². The Hall–Kier alpha value is -2.24. The summed E-state index contributed by atoms with van der Waals surface area (Å²) in [5.74, 6) is -0.125. The Balaban J connectivity index is 2.15. The number of nitrogens with zero attached hydrogens (tertiary/aromatic N) is 1. The van der Waals surface area contributed by atoms with Crippen LogP contribution in [-0.4, -0.2) is 35.4 Å². The van der Waals surface area contributed by atoms with Gasteiger partial charge in [0.15, 0.2) is 6.61 Å². The molecule has 2 aromatic rings. The van der Waals surface area contributed by atoms with Crippen molar-refractivity contribution in [2.45, 2.75) is 39.4 Å². The Morgan fingerprint density at radius 2 is 1.68 bits per heavy atom. The second-order valence-electron chi connectivity index (χ2n) is 6.71. The molecule has 5 nitrogen and oxygen atoms in total. The highest BCUT2D eigenvalue weighted by atomic mass is 35.5. The van der Waals surface area contributed by atoms with Crippen molar-refractivity contribution in [2.24, 2.45) is 0 Å². The number of benzene rings is 2. The molecule has 0 aliphatic rings. The van der Waals surface area contributed by atoms with E-state index >= 15 is 0 Å². The van der Waals surface area contributed by atoms with E-state index in [0.29, 0.717) is 15.8 Å². The number of para-hydroxylation sites is 1. The topological polar surface area (TPSA) is 58.6 Å². The number of nitrogens with one attached hydrogen (secondary N) is 1. The summed E-state index contributed by atoms with van der Waals surface area (Å²) >= 11 is 12.0. The van der Waals surface area contributed by atoms with E-state index in [1.165, 1.54) is 4.90 Å². The zero-order valence-electron chi connectivity index (χ0n) is 16.1.